The maximum absolute atomic E-state index is 6.39. The molecule has 0 saturated heterocycles. The van der Waals surface area contributed by atoms with Gasteiger partial charge in [-0.3, -0.25) is 0 Å². The van der Waals surface area contributed by atoms with Crippen LogP contribution in [0.5, 0.6) is 0 Å². The molecule has 0 spiro atoms. The van der Waals surface area contributed by atoms with Crippen molar-refractivity contribution < 1.29 is 0 Å². The molecule has 0 aliphatic rings. The Labute approximate surface area is 134 Å². The molecule has 1 heterocycles. The Balaban J connectivity index is 2.50. The Hall–Kier alpha value is -0.540. The van der Waals surface area contributed by atoms with Crippen LogP contribution in [0.2, 0.25) is 10.0 Å². The van der Waals surface area contributed by atoms with Gasteiger partial charge in [0.25, 0.3) is 0 Å². The SMILES string of the molecule is CCCNC(c1sc(C)cc1C)c1c(Cl)cccc1Cl. The van der Waals surface area contributed by atoms with Crippen molar-refractivity contribution in [2.75, 3.05) is 6.54 Å². The van der Waals surface area contributed by atoms with Crippen molar-refractivity contribution in [3.8, 4) is 0 Å². The smallest absolute Gasteiger partial charge is 0.0703 e. The third-order valence-electron chi connectivity index (χ3n) is 3.23. The molecule has 1 atom stereocenters. The van der Waals surface area contributed by atoms with Crippen LogP contribution in [0.25, 0.3) is 0 Å². The van der Waals surface area contributed by atoms with E-state index in [9.17, 15) is 0 Å². The quantitative estimate of drug-likeness (QED) is 0.736. The molecule has 0 aliphatic carbocycles. The lowest BCUT2D eigenvalue weighted by Gasteiger charge is -2.21. The average molecular weight is 328 g/mol. The number of hydrogen-bond donors (Lipinski definition) is 1. The lowest BCUT2D eigenvalue weighted by Crippen LogP contribution is -2.23. The summed E-state index contributed by atoms with van der Waals surface area (Å²) in [7, 11) is 0. The molecular formula is C16H19Cl2NS. The first-order valence-corrected chi connectivity index (χ1v) is 8.36. The lowest BCUT2D eigenvalue weighted by molar-refractivity contribution is 0.604. The molecule has 0 aliphatic heterocycles. The van der Waals surface area contributed by atoms with E-state index in [4.69, 9.17) is 23.2 Å². The highest BCUT2D eigenvalue weighted by Gasteiger charge is 2.22. The summed E-state index contributed by atoms with van der Waals surface area (Å²) in [6.07, 6.45) is 1.07. The number of rotatable bonds is 5. The van der Waals surface area contributed by atoms with E-state index in [2.05, 4.69) is 32.2 Å². The Morgan fingerprint density at radius 2 is 1.85 bits per heavy atom. The van der Waals surface area contributed by atoms with Gasteiger partial charge in [0.05, 0.1) is 6.04 Å². The van der Waals surface area contributed by atoms with Gasteiger partial charge in [-0.1, -0.05) is 36.2 Å². The van der Waals surface area contributed by atoms with Crippen LogP contribution in [0, 0.1) is 13.8 Å². The minimum absolute atomic E-state index is 0.0647. The summed E-state index contributed by atoms with van der Waals surface area (Å²) >= 11 is 14.6. The molecule has 1 aromatic carbocycles. The van der Waals surface area contributed by atoms with E-state index >= 15 is 0 Å². The Kier molecular flexibility index (Phi) is 5.50. The Morgan fingerprint density at radius 1 is 1.20 bits per heavy atom. The first-order chi connectivity index (χ1) is 9.54. The van der Waals surface area contributed by atoms with E-state index in [1.54, 1.807) is 11.3 Å². The van der Waals surface area contributed by atoms with Gasteiger partial charge in [-0.15, -0.1) is 11.3 Å². The third kappa shape index (κ3) is 3.37. The summed E-state index contributed by atoms with van der Waals surface area (Å²) in [5.41, 5.74) is 2.27. The summed E-state index contributed by atoms with van der Waals surface area (Å²) in [4.78, 5) is 2.61. The van der Waals surface area contributed by atoms with Gasteiger partial charge in [0.15, 0.2) is 0 Å². The largest absolute Gasteiger partial charge is 0.305 e. The zero-order valence-electron chi connectivity index (χ0n) is 12.0. The zero-order chi connectivity index (χ0) is 14.7. The predicted molar refractivity (Wildman–Crippen MR) is 90.4 cm³/mol. The maximum Gasteiger partial charge on any atom is 0.0703 e. The number of hydrogen-bond acceptors (Lipinski definition) is 2. The van der Waals surface area contributed by atoms with Crippen LogP contribution in [-0.4, -0.2) is 6.54 Å². The van der Waals surface area contributed by atoms with E-state index in [1.165, 1.54) is 15.3 Å². The lowest BCUT2D eigenvalue weighted by atomic mass is 10.0. The van der Waals surface area contributed by atoms with E-state index in [0.29, 0.717) is 0 Å². The summed E-state index contributed by atoms with van der Waals surface area (Å²) in [6, 6.07) is 7.97. The van der Waals surface area contributed by atoms with E-state index in [0.717, 1.165) is 28.6 Å². The van der Waals surface area contributed by atoms with Crippen molar-refractivity contribution in [2.45, 2.75) is 33.2 Å². The number of nitrogens with one attached hydrogen (secondary N) is 1. The standard InChI is InChI=1S/C16H19Cl2NS/c1-4-8-19-15(16-10(2)9-11(3)20-16)14-12(17)6-5-7-13(14)18/h5-7,9,15,19H,4,8H2,1-3H3. The highest BCUT2D eigenvalue weighted by Crippen LogP contribution is 2.38. The van der Waals surface area contributed by atoms with Gasteiger partial charge < -0.3 is 5.32 Å². The van der Waals surface area contributed by atoms with Crippen LogP contribution in [0.3, 0.4) is 0 Å². The van der Waals surface area contributed by atoms with Crippen molar-refractivity contribution in [2.24, 2.45) is 0 Å². The van der Waals surface area contributed by atoms with Crippen LogP contribution >= 0.6 is 34.5 Å². The second-order valence-corrected chi connectivity index (χ2v) is 7.03. The van der Waals surface area contributed by atoms with E-state index < -0.39 is 0 Å². The van der Waals surface area contributed by atoms with Crippen LogP contribution in [0.1, 0.15) is 40.3 Å². The summed E-state index contributed by atoms with van der Waals surface area (Å²) in [6.45, 7) is 7.36. The first kappa shape index (κ1) is 15.8. The van der Waals surface area contributed by atoms with Crippen LogP contribution in [0.4, 0.5) is 0 Å². The molecule has 1 nitrogen and oxygen atoms in total. The molecule has 4 heteroatoms. The van der Waals surface area contributed by atoms with Crippen LogP contribution in [0.15, 0.2) is 24.3 Å². The molecule has 0 saturated carbocycles. The van der Waals surface area contributed by atoms with Gasteiger partial charge in [-0.05, 0) is 50.6 Å². The molecule has 1 unspecified atom stereocenters. The van der Waals surface area contributed by atoms with Crippen molar-refractivity contribution >= 4 is 34.5 Å². The fraction of sp³-hybridized carbons (Fsp3) is 0.375. The number of benzene rings is 1. The highest BCUT2D eigenvalue weighted by atomic mass is 35.5. The fourth-order valence-electron chi connectivity index (χ4n) is 2.35. The third-order valence-corrected chi connectivity index (χ3v) is 5.11. The normalized spacial score (nSPS) is 12.7. The van der Waals surface area contributed by atoms with E-state index in [-0.39, 0.29) is 6.04 Å². The fourth-order valence-corrected chi connectivity index (χ4v) is 4.08. The summed E-state index contributed by atoms with van der Waals surface area (Å²) < 4.78 is 0. The van der Waals surface area contributed by atoms with Crippen molar-refractivity contribution in [3.63, 3.8) is 0 Å². The second-order valence-electron chi connectivity index (χ2n) is 4.93. The number of thiophene rings is 1. The van der Waals surface area contributed by atoms with Crippen LogP contribution in [-0.2, 0) is 0 Å². The minimum Gasteiger partial charge on any atom is -0.305 e. The maximum atomic E-state index is 6.39. The van der Waals surface area contributed by atoms with Gasteiger partial charge in [0, 0.05) is 25.4 Å². The Morgan fingerprint density at radius 3 is 2.35 bits per heavy atom. The molecule has 20 heavy (non-hydrogen) atoms. The molecule has 2 aromatic rings. The topological polar surface area (TPSA) is 12.0 Å². The van der Waals surface area contributed by atoms with E-state index in [1.807, 2.05) is 18.2 Å². The van der Waals surface area contributed by atoms with Crippen molar-refractivity contribution in [3.05, 3.63) is 55.2 Å². The highest BCUT2D eigenvalue weighted by molar-refractivity contribution is 7.12. The van der Waals surface area contributed by atoms with Gasteiger partial charge in [0.2, 0.25) is 0 Å². The van der Waals surface area contributed by atoms with Gasteiger partial charge >= 0.3 is 0 Å². The zero-order valence-corrected chi connectivity index (χ0v) is 14.3. The molecule has 0 fully saturated rings. The molecule has 2 rings (SSSR count). The first-order valence-electron chi connectivity index (χ1n) is 6.78. The molecule has 1 aromatic heterocycles. The molecule has 1 N–H and O–H groups in total. The summed E-state index contributed by atoms with van der Waals surface area (Å²) in [5.74, 6) is 0. The molecule has 108 valence electrons. The minimum atomic E-state index is 0.0647. The number of aryl methyl sites for hydroxylation is 2. The number of halogens is 2. The van der Waals surface area contributed by atoms with Gasteiger partial charge in [-0.25, -0.2) is 0 Å². The molecule has 0 radical (unpaired) electrons. The Bertz CT molecular complexity index is 572. The predicted octanol–water partition coefficient (Wildman–Crippen LogP) is 5.76. The summed E-state index contributed by atoms with van der Waals surface area (Å²) in [5, 5.41) is 5.02. The molecule has 0 bridgehead atoms. The second kappa shape index (κ2) is 6.95. The van der Waals surface area contributed by atoms with Crippen molar-refractivity contribution in [1.82, 2.24) is 5.32 Å². The monoisotopic (exact) mass is 327 g/mol. The van der Waals surface area contributed by atoms with Gasteiger partial charge in [0.1, 0.15) is 0 Å². The van der Waals surface area contributed by atoms with Gasteiger partial charge in [-0.2, -0.15) is 0 Å². The molecule has 0 amide bonds. The average Bonchev–Trinajstić information content (AvgIpc) is 2.72. The molecular weight excluding hydrogens is 309 g/mol. The van der Waals surface area contributed by atoms with Crippen molar-refractivity contribution in [1.29, 1.82) is 0 Å². The van der Waals surface area contributed by atoms with Crippen LogP contribution < -0.4 is 5.32 Å².